The molecular formula is C26H36N2O3. The Kier molecular flexibility index (Phi) is 7.16. The Balaban J connectivity index is 1.68. The highest BCUT2D eigenvalue weighted by molar-refractivity contribution is 5.52. The van der Waals surface area contributed by atoms with E-state index in [4.69, 9.17) is 9.15 Å². The van der Waals surface area contributed by atoms with Crippen LogP contribution in [0.2, 0.25) is 0 Å². The average Bonchev–Trinajstić information content (AvgIpc) is 3.25. The number of aliphatic hydroxyl groups is 1. The summed E-state index contributed by atoms with van der Waals surface area (Å²) in [5.41, 5.74) is 1.22. The van der Waals surface area contributed by atoms with Crippen molar-refractivity contribution >= 4 is 6.08 Å². The van der Waals surface area contributed by atoms with E-state index in [-0.39, 0.29) is 5.92 Å². The first kappa shape index (κ1) is 22.1. The Hall–Kier alpha value is -2.08. The Morgan fingerprint density at radius 2 is 1.94 bits per heavy atom. The zero-order valence-corrected chi connectivity index (χ0v) is 18.9. The van der Waals surface area contributed by atoms with Gasteiger partial charge in [-0.3, -0.25) is 0 Å². The van der Waals surface area contributed by atoms with E-state index in [2.05, 4.69) is 29.0 Å². The number of rotatable bonds is 6. The molecule has 31 heavy (non-hydrogen) atoms. The van der Waals surface area contributed by atoms with Crippen LogP contribution in [0.1, 0.15) is 37.0 Å². The van der Waals surface area contributed by atoms with Crippen molar-refractivity contribution in [2.45, 2.75) is 37.7 Å². The number of hydrogen-bond acceptors (Lipinski definition) is 5. The summed E-state index contributed by atoms with van der Waals surface area (Å²) in [7, 11) is 3.89. The van der Waals surface area contributed by atoms with Gasteiger partial charge in [0, 0.05) is 45.1 Å². The van der Waals surface area contributed by atoms with Crippen molar-refractivity contribution < 1.29 is 14.3 Å². The van der Waals surface area contributed by atoms with Crippen LogP contribution in [0.5, 0.6) is 5.75 Å². The molecule has 1 saturated heterocycles. The van der Waals surface area contributed by atoms with E-state index in [0.29, 0.717) is 6.42 Å². The fourth-order valence-corrected chi connectivity index (χ4v) is 5.15. The first-order chi connectivity index (χ1) is 15.1. The van der Waals surface area contributed by atoms with Crippen molar-refractivity contribution in [2.24, 2.45) is 5.92 Å². The molecule has 1 aliphatic carbocycles. The lowest BCUT2D eigenvalue weighted by Crippen LogP contribution is -2.51. The molecule has 5 nitrogen and oxygen atoms in total. The maximum atomic E-state index is 12.4. The lowest BCUT2D eigenvalue weighted by Gasteiger charge is -2.42. The van der Waals surface area contributed by atoms with E-state index in [1.807, 2.05) is 30.3 Å². The summed E-state index contributed by atoms with van der Waals surface area (Å²) in [5, 5.41) is 12.4. The van der Waals surface area contributed by atoms with Gasteiger partial charge < -0.3 is 24.1 Å². The van der Waals surface area contributed by atoms with Crippen LogP contribution in [0.3, 0.4) is 0 Å². The van der Waals surface area contributed by atoms with E-state index < -0.39 is 5.60 Å². The molecule has 168 valence electrons. The third-order valence-electron chi connectivity index (χ3n) is 7.07. The minimum Gasteiger partial charge on any atom is -0.496 e. The Bertz CT molecular complexity index is 855. The van der Waals surface area contributed by atoms with Gasteiger partial charge in [0.2, 0.25) is 0 Å². The normalized spacial score (nSPS) is 27.3. The van der Waals surface area contributed by atoms with Gasteiger partial charge in [0.1, 0.15) is 11.5 Å². The summed E-state index contributed by atoms with van der Waals surface area (Å²) in [4.78, 5) is 4.92. The topological polar surface area (TPSA) is 49.1 Å². The number of nitrogens with zero attached hydrogens (tertiary/aromatic N) is 2. The molecule has 2 aromatic rings. The molecule has 2 atom stereocenters. The van der Waals surface area contributed by atoms with Gasteiger partial charge in [0.25, 0.3) is 0 Å². The van der Waals surface area contributed by atoms with Gasteiger partial charge in [-0.25, -0.2) is 0 Å². The van der Waals surface area contributed by atoms with Crippen molar-refractivity contribution in [2.75, 3.05) is 46.9 Å². The van der Waals surface area contributed by atoms with Gasteiger partial charge in [-0.1, -0.05) is 24.6 Å². The molecule has 1 saturated carbocycles. The smallest absolute Gasteiger partial charge is 0.126 e. The molecule has 2 unspecified atom stereocenters. The molecule has 1 aliphatic heterocycles. The third-order valence-corrected chi connectivity index (χ3v) is 7.07. The number of para-hydroxylation sites is 1. The van der Waals surface area contributed by atoms with E-state index in [1.165, 1.54) is 0 Å². The van der Waals surface area contributed by atoms with Gasteiger partial charge in [0.05, 0.1) is 19.0 Å². The fourth-order valence-electron chi connectivity index (χ4n) is 5.15. The van der Waals surface area contributed by atoms with Crippen LogP contribution in [0.25, 0.3) is 6.08 Å². The second kappa shape index (κ2) is 10.0. The zero-order chi connectivity index (χ0) is 21.7. The standard InChI is InChI=1S/C26H36N2O3/c1-27-13-15-28(16-14-27)20-23-10-5-4-9-22(18-24-11-7-17-31-24)26(23,29)19-21-8-3-6-12-25(21)30-2/h3,6-8,11-12,17-18,23,29H,4-5,9-10,13-16,19-20H2,1-2H3/b22-18-. The van der Waals surface area contributed by atoms with Crippen LogP contribution in [-0.2, 0) is 6.42 Å². The molecule has 1 aromatic carbocycles. The van der Waals surface area contributed by atoms with Crippen LogP contribution in [0.15, 0.2) is 52.7 Å². The van der Waals surface area contributed by atoms with Gasteiger partial charge >= 0.3 is 0 Å². The second-order valence-corrected chi connectivity index (χ2v) is 9.14. The second-order valence-electron chi connectivity index (χ2n) is 9.14. The molecule has 0 bridgehead atoms. The van der Waals surface area contributed by atoms with Crippen LogP contribution in [-0.4, -0.2) is 67.4 Å². The molecule has 1 aromatic heterocycles. The first-order valence-electron chi connectivity index (χ1n) is 11.6. The molecule has 2 aliphatic rings. The molecule has 2 heterocycles. The summed E-state index contributed by atoms with van der Waals surface area (Å²) in [6.45, 7) is 5.23. The summed E-state index contributed by atoms with van der Waals surface area (Å²) in [5.74, 6) is 1.83. The maximum Gasteiger partial charge on any atom is 0.126 e. The number of ether oxygens (including phenoxy) is 1. The molecule has 0 spiro atoms. The van der Waals surface area contributed by atoms with Crippen LogP contribution >= 0.6 is 0 Å². The van der Waals surface area contributed by atoms with Crippen LogP contribution < -0.4 is 4.74 Å². The van der Waals surface area contributed by atoms with E-state index >= 15 is 0 Å². The minimum atomic E-state index is -0.929. The van der Waals surface area contributed by atoms with Gasteiger partial charge in [-0.05, 0) is 61.7 Å². The number of piperazine rings is 1. The van der Waals surface area contributed by atoms with Gasteiger partial charge in [-0.15, -0.1) is 0 Å². The summed E-state index contributed by atoms with van der Waals surface area (Å²) in [6.07, 6.45) is 8.50. The first-order valence-corrected chi connectivity index (χ1v) is 11.6. The summed E-state index contributed by atoms with van der Waals surface area (Å²) >= 11 is 0. The molecule has 5 heteroatoms. The van der Waals surface area contributed by atoms with Crippen molar-refractivity contribution in [3.05, 3.63) is 59.6 Å². The third kappa shape index (κ3) is 5.22. The quantitative estimate of drug-likeness (QED) is 0.708. The lowest BCUT2D eigenvalue weighted by molar-refractivity contribution is -0.00683. The van der Waals surface area contributed by atoms with E-state index in [1.54, 1.807) is 13.4 Å². The van der Waals surface area contributed by atoms with E-state index in [9.17, 15) is 5.11 Å². The predicted molar refractivity (Wildman–Crippen MR) is 124 cm³/mol. The van der Waals surface area contributed by atoms with Gasteiger partial charge in [0.15, 0.2) is 0 Å². The summed E-state index contributed by atoms with van der Waals surface area (Å²) < 4.78 is 11.3. The molecule has 1 N–H and O–H groups in total. The maximum absolute atomic E-state index is 12.4. The van der Waals surface area contributed by atoms with Crippen LogP contribution in [0, 0.1) is 5.92 Å². The van der Waals surface area contributed by atoms with Crippen molar-refractivity contribution in [3.8, 4) is 5.75 Å². The Morgan fingerprint density at radius 3 is 2.68 bits per heavy atom. The fraction of sp³-hybridized carbons (Fsp3) is 0.538. The lowest BCUT2D eigenvalue weighted by atomic mass is 9.74. The Labute approximate surface area is 186 Å². The minimum absolute atomic E-state index is 0.171. The molecule has 4 rings (SSSR count). The summed E-state index contributed by atoms with van der Waals surface area (Å²) in [6, 6.07) is 12.0. The monoisotopic (exact) mass is 424 g/mol. The van der Waals surface area contributed by atoms with Gasteiger partial charge in [-0.2, -0.15) is 0 Å². The molecule has 2 fully saturated rings. The average molecular weight is 425 g/mol. The highest BCUT2D eigenvalue weighted by Crippen LogP contribution is 2.42. The highest BCUT2D eigenvalue weighted by Gasteiger charge is 2.42. The largest absolute Gasteiger partial charge is 0.496 e. The SMILES string of the molecule is COc1ccccc1CC1(O)/C(=C\c2ccco2)CCCCC1CN1CCN(C)CC1. The Morgan fingerprint density at radius 1 is 1.13 bits per heavy atom. The molecule has 0 radical (unpaired) electrons. The predicted octanol–water partition coefficient (Wildman–Crippen LogP) is 4.08. The number of likely N-dealkylation sites (N-methyl/N-ethyl adjacent to an activating group) is 1. The number of methoxy groups -OCH3 is 1. The van der Waals surface area contributed by atoms with Crippen LogP contribution in [0.4, 0.5) is 0 Å². The number of furan rings is 1. The van der Waals surface area contributed by atoms with E-state index in [0.717, 1.165) is 81.1 Å². The number of hydrogen-bond donors (Lipinski definition) is 1. The van der Waals surface area contributed by atoms with Crippen molar-refractivity contribution in [1.29, 1.82) is 0 Å². The zero-order valence-electron chi connectivity index (χ0n) is 18.9. The highest BCUT2D eigenvalue weighted by atomic mass is 16.5. The molecular weight excluding hydrogens is 388 g/mol. The number of benzene rings is 1. The van der Waals surface area contributed by atoms with Crippen molar-refractivity contribution in [1.82, 2.24) is 9.80 Å². The van der Waals surface area contributed by atoms with Crippen molar-refractivity contribution in [3.63, 3.8) is 0 Å². The molecule has 0 amide bonds.